The van der Waals surface area contributed by atoms with Gasteiger partial charge in [0, 0.05) is 13.1 Å². The van der Waals surface area contributed by atoms with Gasteiger partial charge in [-0.15, -0.1) is 0 Å². The lowest BCUT2D eigenvalue weighted by Gasteiger charge is -2.41. The topological polar surface area (TPSA) is 24.5 Å². The number of hydrogen-bond donors (Lipinski definition) is 1. The van der Waals surface area contributed by atoms with Crippen molar-refractivity contribution < 1.29 is 4.74 Å². The third-order valence-corrected chi connectivity index (χ3v) is 4.99. The lowest BCUT2D eigenvalue weighted by Crippen LogP contribution is -2.43. The van der Waals surface area contributed by atoms with Gasteiger partial charge in [0.1, 0.15) is 0 Å². The van der Waals surface area contributed by atoms with Gasteiger partial charge in [0.25, 0.3) is 0 Å². The molecule has 1 N–H and O–H groups in total. The fourth-order valence-corrected chi connectivity index (χ4v) is 3.45. The van der Waals surface area contributed by atoms with Crippen molar-refractivity contribution in [3.05, 3.63) is 0 Å². The molecule has 2 aliphatic rings. The van der Waals surface area contributed by atoms with Crippen LogP contribution in [0.1, 0.15) is 39.5 Å². The van der Waals surface area contributed by atoms with E-state index in [0.717, 1.165) is 30.9 Å². The fourth-order valence-electron chi connectivity index (χ4n) is 3.45. The number of nitrogens with zero attached hydrogens (tertiary/aromatic N) is 1. The van der Waals surface area contributed by atoms with Crippen LogP contribution < -0.4 is 5.32 Å². The summed E-state index contributed by atoms with van der Waals surface area (Å²) in [5.41, 5.74) is 0. The van der Waals surface area contributed by atoms with E-state index in [0.29, 0.717) is 6.10 Å². The summed E-state index contributed by atoms with van der Waals surface area (Å²) in [5.74, 6) is 2.74. The van der Waals surface area contributed by atoms with E-state index < -0.39 is 0 Å². The maximum atomic E-state index is 5.81. The van der Waals surface area contributed by atoms with E-state index in [4.69, 9.17) is 4.74 Å². The first-order chi connectivity index (χ1) is 9.19. The Morgan fingerprint density at radius 2 is 1.89 bits per heavy atom. The Bertz CT molecular complexity index is 243. The van der Waals surface area contributed by atoms with Crippen molar-refractivity contribution in [3.8, 4) is 0 Å². The second kappa shape index (κ2) is 7.61. The molecule has 2 rings (SSSR count). The highest BCUT2D eigenvalue weighted by Gasteiger charge is 2.32. The average molecular weight is 268 g/mol. The smallest absolute Gasteiger partial charge is 0.0594 e. The van der Waals surface area contributed by atoms with Crippen LogP contribution in [0.25, 0.3) is 0 Å². The zero-order chi connectivity index (χ0) is 13.7. The van der Waals surface area contributed by atoms with Gasteiger partial charge in [-0.2, -0.15) is 0 Å². The molecular formula is C16H32N2O. The number of hydrogen-bond acceptors (Lipinski definition) is 3. The van der Waals surface area contributed by atoms with E-state index in [1.807, 2.05) is 7.05 Å². The highest BCUT2D eigenvalue weighted by atomic mass is 16.5. The van der Waals surface area contributed by atoms with Gasteiger partial charge < -0.3 is 15.0 Å². The average Bonchev–Trinajstić information content (AvgIpc) is 2.36. The third kappa shape index (κ3) is 4.73. The van der Waals surface area contributed by atoms with E-state index in [9.17, 15) is 0 Å². The minimum absolute atomic E-state index is 0.548. The number of likely N-dealkylation sites (N-methyl/N-ethyl adjacent to an activating group) is 1. The van der Waals surface area contributed by atoms with Crippen LogP contribution in [0.2, 0.25) is 0 Å². The van der Waals surface area contributed by atoms with Crippen LogP contribution in [0.4, 0.5) is 0 Å². The molecule has 0 atom stereocenters. The van der Waals surface area contributed by atoms with Crippen LogP contribution in [-0.2, 0) is 4.74 Å². The summed E-state index contributed by atoms with van der Waals surface area (Å²) < 4.78 is 5.81. The van der Waals surface area contributed by atoms with Crippen molar-refractivity contribution in [3.63, 3.8) is 0 Å². The molecule has 0 aromatic rings. The molecule has 19 heavy (non-hydrogen) atoms. The number of ether oxygens (including phenoxy) is 1. The van der Waals surface area contributed by atoms with E-state index >= 15 is 0 Å². The predicted molar refractivity (Wildman–Crippen MR) is 80.4 cm³/mol. The first-order valence-electron chi connectivity index (χ1n) is 8.17. The normalized spacial score (nSPS) is 29.7. The molecule has 0 spiro atoms. The monoisotopic (exact) mass is 268 g/mol. The van der Waals surface area contributed by atoms with Gasteiger partial charge in [0.15, 0.2) is 0 Å². The Kier molecular flexibility index (Phi) is 6.11. The van der Waals surface area contributed by atoms with Crippen LogP contribution >= 0.6 is 0 Å². The Morgan fingerprint density at radius 3 is 2.47 bits per heavy atom. The highest BCUT2D eigenvalue weighted by Crippen LogP contribution is 2.32. The maximum Gasteiger partial charge on any atom is 0.0594 e. The number of nitrogens with one attached hydrogen (secondary N) is 1. The van der Waals surface area contributed by atoms with Crippen molar-refractivity contribution >= 4 is 0 Å². The molecule has 0 amide bonds. The van der Waals surface area contributed by atoms with E-state index in [2.05, 4.69) is 24.1 Å². The van der Waals surface area contributed by atoms with Crippen molar-refractivity contribution in [2.45, 2.75) is 45.6 Å². The molecule has 0 unspecified atom stereocenters. The first kappa shape index (κ1) is 15.3. The summed E-state index contributed by atoms with van der Waals surface area (Å²) >= 11 is 0. The van der Waals surface area contributed by atoms with Crippen molar-refractivity contribution in [1.29, 1.82) is 0 Å². The second-order valence-corrected chi connectivity index (χ2v) is 6.82. The van der Waals surface area contributed by atoms with E-state index in [1.165, 1.54) is 45.3 Å². The molecule has 1 saturated carbocycles. The molecule has 3 nitrogen and oxygen atoms in total. The van der Waals surface area contributed by atoms with Crippen molar-refractivity contribution in [2.75, 3.05) is 39.8 Å². The molecule has 0 aromatic carbocycles. The largest absolute Gasteiger partial charge is 0.377 e. The first-order valence-corrected chi connectivity index (χ1v) is 8.17. The lowest BCUT2D eigenvalue weighted by molar-refractivity contribution is -0.0397. The number of piperidine rings is 1. The summed E-state index contributed by atoms with van der Waals surface area (Å²) in [6.07, 6.45) is 5.94. The fraction of sp³-hybridized carbons (Fsp3) is 1.00. The predicted octanol–water partition coefficient (Wildman–Crippen LogP) is 2.37. The highest BCUT2D eigenvalue weighted by molar-refractivity contribution is 4.84. The number of likely N-dealkylation sites (tertiary alicyclic amines) is 1. The van der Waals surface area contributed by atoms with Crippen LogP contribution in [-0.4, -0.2) is 50.8 Å². The summed E-state index contributed by atoms with van der Waals surface area (Å²) in [4.78, 5) is 2.69. The summed E-state index contributed by atoms with van der Waals surface area (Å²) in [6, 6.07) is 0. The molecule has 3 heteroatoms. The molecule has 0 aromatic heterocycles. The molecular weight excluding hydrogens is 236 g/mol. The standard InChI is InChI=1S/C16H32N2O/c1-13(2)15-4-7-18(8-5-15)12-14-10-16(11-14)19-9-6-17-3/h13-17H,4-12H2,1-3H3/t14-,16-. The summed E-state index contributed by atoms with van der Waals surface area (Å²) in [5, 5.41) is 3.13. The SMILES string of the molecule is CNCCO[C@H]1C[C@H](CN2CCC(C(C)C)CC2)C1. The third-order valence-electron chi connectivity index (χ3n) is 4.99. The van der Waals surface area contributed by atoms with Crippen LogP contribution in [0, 0.1) is 17.8 Å². The zero-order valence-corrected chi connectivity index (χ0v) is 13.0. The molecule has 0 bridgehead atoms. The second-order valence-electron chi connectivity index (χ2n) is 6.82. The molecule has 112 valence electrons. The van der Waals surface area contributed by atoms with Gasteiger partial charge >= 0.3 is 0 Å². The van der Waals surface area contributed by atoms with Gasteiger partial charge in [-0.25, -0.2) is 0 Å². The van der Waals surface area contributed by atoms with Gasteiger partial charge in [-0.05, 0) is 63.6 Å². The Hall–Kier alpha value is -0.120. The minimum atomic E-state index is 0.548. The van der Waals surface area contributed by atoms with E-state index in [1.54, 1.807) is 0 Å². The quantitative estimate of drug-likeness (QED) is 0.718. The Balaban J connectivity index is 1.53. The number of rotatable bonds is 7. The van der Waals surface area contributed by atoms with E-state index in [-0.39, 0.29) is 0 Å². The zero-order valence-electron chi connectivity index (χ0n) is 13.0. The van der Waals surface area contributed by atoms with Crippen LogP contribution in [0.5, 0.6) is 0 Å². The molecule has 1 heterocycles. The lowest BCUT2D eigenvalue weighted by atomic mass is 9.80. The van der Waals surface area contributed by atoms with Crippen molar-refractivity contribution in [2.24, 2.45) is 17.8 Å². The Labute approximate surface area is 119 Å². The summed E-state index contributed by atoms with van der Waals surface area (Å²) in [7, 11) is 1.98. The van der Waals surface area contributed by atoms with Gasteiger partial charge in [-0.3, -0.25) is 0 Å². The van der Waals surface area contributed by atoms with Crippen LogP contribution in [0.15, 0.2) is 0 Å². The molecule has 1 aliphatic carbocycles. The molecule has 0 radical (unpaired) electrons. The molecule has 1 saturated heterocycles. The summed E-state index contributed by atoms with van der Waals surface area (Å²) in [6.45, 7) is 10.6. The Morgan fingerprint density at radius 1 is 1.21 bits per heavy atom. The molecule has 2 fully saturated rings. The minimum Gasteiger partial charge on any atom is -0.377 e. The van der Waals surface area contributed by atoms with Gasteiger partial charge in [-0.1, -0.05) is 13.8 Å². The maximum absolute atomic E-state index is 5.81. The van der Waals surface area contributed by atoms with Gasteiger partial charge in [0.05, 0.1) is 12.7 Å². The van der Waals surface area contributed by atoms with Gasteiger partial charge in [0.2, 0.25) is 0 Å². The van der Waals surface area contributed by atoms with Crippen LogP contribution in [0.3, 0.4) is 0 Å². The van der Waals surface area contributed by atoms with Crippen molar-refractivity contribution in [1.82, 2.24) is 10.2 Å². The molecule has 1 aliphatic heterocycles.